The number of pyridine rings is 1. The number of nitrogens with one attached hydrogen (secondary N) is 1. The van der Waals surface area contributed by atoms with E-state index in [1.54, 1.807) is 0 Å². The predicted octanol–water partition coefficient (Wildman–Crippen LogP) is 4.33. The number of aryl methyl sites for hydroxylation is 1. The van der Waals surface area contributed by atoms with Gasteiger partial charge in [0, 0.05) is 16.7 Å². The van der Waals surface area contributed by atoms with Crippen LogP contribution in [0.4, 0.5) is 5.69 Å². The number of hydrogen-bond donors (Lipinski definition) is 1. The lowest BCUT2D eigenvalue weighted by atomic mass is 10.1. The summed E-state index contributed by atoms with van der Waals surface area (Å²) < 4.78 is 1.10. The minimum absolute atomic E-state index is 0.260. The molecule has 2 nitrogen and oxygen atoms in total. The Morgan fingerprint density at radius 1 is 1.29 bits per heavy atom. The molecule has 1 atom stereocenters. The van der Waals surface area contributed by atoms with Crippen LogP contribution in [0.15, 0.2) is 47.2 Å². The third-order valence-corrected chi connectivity index (χ3v) is 3.25. The van der Waals surface area contributed by atoms with E-state index in [9.17, 15) is 0 Å². The first-order valence-electron chi connectivity index (χ1n) is 5.59. The third-order valence-electron chi connectivity index (χ3n) is 2.76. The standard InChI is InChI=1S/C14H15BrN2/c1-10-6-7-16-9-14(10)17-11(2)12-4-3-5-13(15)8-12/h3-9,11,17H,1-2H3. The van der Waals surface area contributed by atoms with E-state index in [4.69, 9.17) is 0 Å². The minimum atomic E-state index is 0.260. The first-order chi connectivity index (χ1) is 8.16. The maximum absolute atomic E-state index is 4.14. The summed E-state index contributed by atoms with van der Waals surface area (Å²) in [6.45, 7) is 4.23. The van der Waals surface area contributed by atoms with Crippen molar-refractivity contribution in [3.63, 3.8) is 0 Å². The highest BCUT2D eigenvalue weighted by Crippen LogP contribution is 2.23. The van der Waals surface area contributed by atoms with E-state index in [0.29, 0.717) is 0 Å². The Balaban J connectivity index is 2.17. The molecular formula is C14H15BrN2. The number of benzene rings is 1. The molecular weight excluding hydrogens is 276 g/mol. The maximum atomic E-state index is 4.14. The van der Waals surface area contributed by atoms with Crippen molar-refractivity contribution >= 4 is 21.6 Å². The Morgan fingerprint density at radius 3 is 2.82 bits per heavy atom. The van der Waals surface area contributed by atoms with Gasteiger partial charge in [-0.05, 0) is 43.2 Å². The molecule has 0 spiro atoms. The van der Waals surface area contributed by atoms with Gasteiger partial charge in [0.15, 0.2) is 0 Å². The van der Waals surface area contributed by atoms with Gasteiger partial charge in [-0.3, -0.25) is 4.98 Å². The normalized spacial score (nSPS) is 12.2. The quantitative estimate of drug-likeness (QED) is 0.910. The van der Waals surface area contributed by atoms with E-state index in [1.807, 2.05) is 30.6 Å². The minimum Gasteiger partial charge on any atom is -0.377 e. The molecule has 0 amide bonds. The molecule has 0 fully saturated rings. The van der Waals surface area contributed by atoms with Crippen molar-refractivity contribution in [2.24, 2.45) is 0 Å². The van der Waals surface area contributed by atoms with Gasteiger partial charge >= 0.3 is 0 Å². The molecule has 2 rings (SSSR count). The fourth-order valence-corrected chi connectivity index (χ4v) is 2.12. The lowest BCUT2D eigenvalue weighted by Gasteiger charge is -2.17. The van der Waals surface area contributed by atoms with Crippen molar-refractivity contribution in [2.75, 3.05) is 5.32 Å². The molecule has 3 heteroatoms. The van der Waals surface area contributed by atoms with Crippen LogP contribution in [0.1, 0.15) is 24.1 Å². The van der Waals surface area contributed by atoms with Gasteiger partial charge in [0.25, 0.3) is 0 Å². The molecule has 2 aromatic rings. The van der Waals surface area contributed by atoms with Gasteiger partial charge in [-0.2, -0.15) is 0 Å². The summed E-state index contributed by atoms with van der Waals surface area (Å²) in [7, 11) is 0. The third kappa shape index (κ3) is 3.07. The monoisotopic (exact) mass is 290 g/mol. The summed E-state index contributed by atoms with van der Waals surface area (Å²) in [4.78, 5) is 4.14. The number of aromatic nitrogens is 1. The van der Waals surface area contributed by atoms with Crippen molar-refractivity contribution in [1.82, 2.24) is 4.98 Å². The second kappa shape index (κ2) is 5.32. The molecule has 0 aliphatic carbocycles. The van der Waals surface area contributed by atoms with Gasteiger partial charge in [0.2, 0.25) is 0 Å². The molecule has 0 aliphatic heterocycles. The summed E-state index contributed by atoms with van der Waals surface area (Å²) in [5.74, 6) is 0. The van der Waals surface area contributed by atoms with Crippen LogP contribution in [-0.4, -0.2) is 4.98 Å². The van der Waals surface area contributed by atoms with E-state index in [2.05, 4.69) is 52.2 Å². The molecule has 1 aromatic carbocycles. The number of anilines is 1. The zero-order chi connectivity index (χ0) is 12.3. The Kier molecular flexibility index (Phi) is 3.79. The molecule has 0 bridgehead atoms. The highest BCUT2D eigenvalue weighted by molar-refractivity contribution is 9.10. The summed E-state index contributed by atoms with van der Waals surface area (Å²) in [6, 6.07) is 10.6. The van der Waals surface area contributed by atoms with Crippen LogP contribution in [0.2, 0.25) is 0 Å². The highest BCUT2D eigenvalue weighted by Gasteiger charge is 2.06. The molecule has 17 heavy (non-hydrogen) atoms. The van der Waals surface area contributed by atoms with Crippen molar-refractivity contribution in [1.29, 1.82) is 0 Å². The fourth-order valence-electron chi connectivity index (χ4n) is 1.71. The van der Waals surface area contributed by atoms with E-state index in [1.165, 1.54) is 11.1 Å². The SMILES string of the molecule is Cc1ccncc1NC(C)c1cccc(Br)c1. The van der Waals surface area contributed by atoms with Gasteiger partial charge in [-0.25, -0.2) is 0 Å². The van der Waals surface area contributed by atoms with Gasteiger partial charge in [0.05, 0.1) is 11.9 Å². The average molecular weight is 291 g/mol. The first-order valence-corrected chi connectivity index (χ1v) is 6.39. The second-order valence-electron chi connectivity index (χ2n) is 4.11. The first kappa shape index (κ1) is 12.1. The van der Waals surface area contributed by atoms with Crippen molar-refractivity contribution < 1.29 is 0 Å². The highest BCUT2D eigenvalue weighted by atomic mass is 79.9. The number of nitrogens with zero attached hydrogens (tertiary/aromatic N) is 1. The van der Waals surface area contributed by atoms with E-state index >= 15 is 0 Å². The van der Waals surface area contributed by atoms with Crippen molar-refractivity contribution in [3.8, 4) is 0 Å². The number of rotatable bonds is 3. The Bertz CT molecular complexity index is 511. The van der Waals surface area contributed by atoms with Crippen LogP contribution in [0.5, 0.6) is 0 Å². The summed E-state index contributed by atoms with van der Waals surface area (Å²) in [5.41, 5.74) is 3.55. The second-order valence-corrected chi connectivity index (χ2v) is 5.03. The van der Waals surface area contributed by atoms with Crippen LogP contribution in [0.3, 0.4) is 0 Å². The maximum Gasteiger partial charge on any atom is 0.0561 e. The summed E-state index contributed by atoms with van der Waals surface area (Å²) >= 11 is 3.49. The smallest absolute Gasteiger partial charge is 0.0561 e. The van der Waals surface area contributed by atoms with Gasteiger partial charge < -0.3 is 5.32 Å². The Hall–Kier alpha value is -1.35. The van der Waals surface area contributed by atoms with Crippen LogP contribution in [0, 0.1) is 6.92 Å². The molecule has 1 N–H and O–H groups in total. The molecule has 0 saturated heterocycles. The molecule has 0 aliphatic rings. The fraction of sp³-hybridized carbons (Fsp3) is 0.214. The van der Waals surface area contributed by atoms with Gasteiger partial charge in [0.1, 0.15) is 0 Å². The van der Waals surface area contributed by atoms with Gasteiger partial charge in [-0.1, -0.05) is 28.1 Å². The molecule has 1 unspecified atom stereocenters. The topological polar surface area (TPSA) is 24.9 Å². The lowest BCUT2D eigenvalue weighted by molar-refractivity contribution is 0.879. The van der Waals surface area contributed by atoms with Gasteiger partial charge in [-0.15, -0.1) is 0 Å². The molecule has 0 saturated carbocycles. The molecule has 0 radical (unpaired) electrons. The lowest BCUT2D eigenvalue weighted by Crippen LogP contribution is -2.07. The van der Waals surface area contributed by atoms with Crippen LogP contribution < -0.4 is 5.32 Å². The van der Waals surface area contributed by atoms with E-state index < -0.39 is 0 Å². The average Bonchev–Trinajstić information content (AvgIpc) is 2.32. The predicted molar refractivity (Wildman–Crippen MR) is 75.2 cm³/mol. The number of hydrogen-bond acceptors (Lipinski definition) is 2. The zero-order valence-corrected chi connectivity index (χ0v) is 11.5. The van der Waals surface area contributed by atoms with Crippen molar-refractivity contribution in [3.05, 3.63) is 58.3 Å². The summed E-state index contributed by atoms with van der Waals surface area (Å²) in [5, 5.41) is 3.47. The molecule has 1 aromatic heterocycles. The zero-order valence-electron chi connectivity index (χ0n) is 9.94. The van der Waals surface area contributed by atoms with Crippen LogP contribution in [0.25, 0.3) is 0 Å². The molecule has 88 valence electrons. The number of halogens is 1. The van der Waals surface area contributed by atoms with Crippen molar-refractivity contribution in [2.45, 2.75) is 19.9 Å². The van der Waals surface area contributed by atoms with E-state index in [0.717, 1.165) is 10.2 Å². The van der Waals surface area contributed by atoms with Crippen LogP contribution in [-0.2, 0) is 0 Å². The molecule has 1 heterocycles. The summed E-state index contributed by atoms with van der Waals surface area (Å²) in [6.07, 6.45) is 3.67. The van der Waals surface area contributed by atoms with E-state index in [-0.39, 0.29) is 6.04 Å². The van der Waals surface area contributed by atoms with Crippen LogP contribution >= 0.6 is 15.9 Å². The Morgan fingerprint density at radius 2 is 2.12 bits per heavy atom. The Labute approximate surface area is 110 Å². The largest absolute Gasteiger partial charge is 0.377 e.